The number of nitrogens with zero attached hydrogens (tertiary/aromatic N) is 1. The zero-order valence-corrected chi connectivity index (χ0v) is 8.20. The topological polar surface area (TPSA) is 26.1 Å². The van der Waals surface area contributed by atoms with E-state index in [0.29, 0.717) is 11.8 Å². The summed E-state index contributed by atoms with van der Waals surface area (Å²) < 4.78 is 1.17. The summed E-state index contributed by atoms with van der Waals surface area (Å²) in [7, 11) is 1.69. The van der Waals surface area contributed by atoms with E-state index in [1.54, 1.807) is 7.05 Å². The van der Waals surface area contributed by atoms with Crippen molar-refractivity contribution in [3.8, 4) is 0 Å². The molecule has 2 nitrogen and oxygen atoms in total. The maximum atomic E-state index is 11.4. The van der Waals surface area contributed by atoms with E-state index in [1.165, 1.54) is 42.6 Å². The molecule has 4 rings (SSSR count). The Bertz CT molecular complexity index is 235. The van der Waals surface area contributed by atoms with Gasteiger partial charge in [0.2, 0.25) is 0 Å². The lowest BCUT2D eigenvalue weighted by molar-refractivity contribution is -0.431. The number of hydrogen-bond donors (Lipinski definition) is 0. The molecule has 0 aliphatic heterocycles. The minimum atomic E-state index is 0.666. The lowest BCUT2D eigenvalue weighted by Gasteiger charge is -2.48. The Balaban J connectivity index is 1.98. The van der Waals surface area contributed by atoms with Gasteiger partial charge in [-0.3, -0.25) is 0 Å². The van der Waals surface area contributed by atoms with Gasteiger partial charge >= 0.3 is 0 Å². The molecule has 72 valence electrons. The number of hydroxylamine groups is 1. The Morgan fingerprint density at radius 1 is 1.00 bits per heavy atom. The first-order valence-corrected chi connectivity index (χ1v) is 5.51. The Kier molecular flexibility index (Phi) is 1.50. The van der Waals surface area contributed by atoms with Crippen molar-refractivity contribution in [2.45, 2.75) is 32.1 Å². The van der Waals surface area contributed by atoms with Gasteiger partial charge < -0.3 is 5.21 Å². The lowest BCUT2D eigenvalue weighted by Crippen LogP contribution is -2.48. The maximum absolute atomic E-state index is 11.4. The molecule has 4 fully saturated rings. The third kappa shape index (κ3) is 1.04. The van der Waals surface area contributed by atoms with E-state index in [4.69, 9.17) is 0 Å². The van der Waals surface area contributed by atoms with Crippen LogP contribution in [0.1, 0.15) is 32.1 Å². The molecule has 0 radical (unpaired) electrons. The molecule has 0 amide bonds. The van der Waals surface area contributed by atoms with E-state index in [0.717, 1.165) is 11.8 Å². The maximum Gasteiger partial charge on any atom is 0.169 e. The predicted octanol–water partition coefficient (Wildman–Crippen LogP) is 2.02. The second kappa shape index (κ2) is 2.49. The second-order valence-electron chi connectivity index (χ2n) is 5.23. The largest absolute Gasteiger partial charge is 0.624 e. The highest BCUT2D eigenvalue weighted by Crippen LogP contribution is 2.52. The summed E-state index contributed by atoms with van der Waals surface area (Å²) in [5.74, 6) is 3.26. The molecule has 0 aromatic rings. The Labute approximate surface area is 79.2 Å². The molecule has 0 spiro atoms. The van der Waals surface area contributed by atoms with E-state index in [1.807, 2.05) is 0 Å². The van der Waals surface area contributed by atoms with Crippen LogP contribution in [0.2, 0.25) is 0 Å². The highest BCUT2D eigenvalue weighted by molar-refractivity contribution is 5.86. The van der Waals surface area contributed by atoms with Crippen molar-refractivity contribution in [2.24, 2.45) is 23.7 Å². The molecule has 13 heavy (non-hydrogen) atoms. The summed E-state index contributed by atoms with van der Waals surface area (Å²) in [6, 6.07) is 0. The lowest BCUT2D eigenvalue weighted by atomic mass is 9.55. The summed E-state index contributed by atoms with van der Waals surface area (Å²) >= 11 is 0. The van der Waals surface area contributed by atoms with Gasteiger partial charge in [-0.25, -0.2) is 4.74 Å². The fourth-order valence-corrected chi connectivity index (χ4v) is 4.18. The summed E-state index contributed by atoms with van der Waals surface area (Å²) in [6.07, 6.45) is 6.72. The molecular weight excluding hydrogens is 162 g/mol. The molecule has 0 aromatic heterocycles. The second-order valence-corrected chi connectivity index (χ2v) is 5.23. The summed E-state index contributed by atoms with van der Waals surface area (Å²) in [5, 5.41) is 11.4. The van der Waals surface area contributed by atoms with Gasteiger partial charge in [0.25, 0.3) is 0 Å². The SMILES string of the molecule is C[N+]([O-])=C1C2CC3CC(C2)CC1C3. The van der Waals surface area contributed by atoms with Crippen molar-refractivity contribution in [1.82, 2.24) is 0 Å². The molecule has 0 saturated heterocycles. The van der Waals surface area contributed by atoms with Crippen LogP contribution in [0.3, 0.4) is 0 Å². The predicted molar refractivity (Wildman–Crippen MR) is 51.6 cm³/mol. The van der Waals surface area contributed by atoms with Crippen molar-refractivity contribution in [3.63, 3.8) is 0 Å². The smallest absolute Gasteiger partial charge is 0.169 e. The minimum absolute atomic E-state index is 0.666. The van der Waals surface area contributed by atoms with Crippen molar-refractivity contribution < 1.29 is 4.74 Å². The van der Waals surface area contributed by atoms with Crippen LogP contribution >= 0.6 is 0 Å². The fourth-order valence-electron chi connectivity index (χ4n) is 4.18. The van der Waals surface area contributed by atoms with Crippen molar-refractivity contribution in [2.75, 3.05) is 7.05 Å². The van der Waals surface area contributed by atoms with E-state index < -0.39 is 0 Å². The molecule has 4 bridgehead atoms. The summed E-state index contributed by atoms with van der Waals surface area (Å²) in [6.45, 7) is 0. The minimum Gasteiger partial charge on any atom is -0.624 e. The summed E-state index contributed by atoms with van der Waals surface area (Å²) in [5.41, 5.74) is 1.24. The highest BCUT2D eigenvalue weighted by Gasteiger charge is 2.49. The number of hydrogen-bond acceptors (Lipinski definition) is 1. The van der Waals surface area contributed by atoms with E-state index in [-0.39, 0.29) is 0 Å². The molecule has 4 aliphatic rings. The van der Waals surface area contributed by atoms with Gasteiger partial charge in [-0.15, -0.1) is 0 Å². The Morgan fingerprint density at radius 2 is 1.46 bits per heavy atom. The first kappa shape index (κ1) is 7.84. The van der Waals surface area contributed by atoms with Gasteiger partial charge in [-0.2, -0.15) is 0 Å². The molecule has 4 saturated carbocycles. The molecule has 0 heterocycles. The van der Waals surface area contributed by atoms with Crippen LogP contribution in [0.5, 0.6) is 0 Å². The highest BCUT2D eigenvalue weighted by atomic mass is 16.5. The third-order valence-corrected chi connectivity index (χ3v) is 4.34. The zero-order valence-electron chi connectivity index (χ0n) is 8.20. The van der Waals surface area contributed by atoms with Crippen LogP contribution in [-0.2, 0) is 0 Å². The van der Waals surface area contributed by atoms with E-state index >= 15 is 0 Å². The summed E-state index contributed by atoms with van der Waals surface area (Å²) in [4.78, 5) is 0. The van der Waals surface area contributed by atoms with Crippen molar-refractivity contribution in [1.29, 1.82) is 0 Å². The van der Waals surface area contributed by atoms with Crippen molar-refractivity contribution >= 4 is 5.71 Å². The molecule has 0 N–H and O–H groups in total. The van der Waals surface area contributed by atoms with Crippen LogP contribution in [0.4, 0.5) is 0 Å². The van der Waals surface area contributed by atoms with E-state index in [2.05, 4.69) is 0 Å². The normalized spacial score (nSPS) is 47.0. The number of rotatable bonds is 0. The molecule has 2 heteroatoms. The zero-order chi connectivity index (χ0) is 9.00. The van der Waals surface area contributed by atoms with Crippen LogP contribution < -0.4 is 0 Å². The van der Waals surface area contributed by atoms with Crippen LogP contribution in [-0.4, -0.2) is 17.5 Å². The van der Waals surface area contributed by atoms with Gasteiger partial charge in [0.1, 0.15) is 7.05 Å². The van der Waals surface area contributed by atoms with Crippen LogP contribution in [0, 0.1) is 28.9 Å². The first-order chi connectivity index (χ1) is 6.24. The molecule has 4 aliphatic carbocycles. The van der Waals surface area contributed by atoms with Gasteiger partial charge in [-0.05, 0) is 43.9 Å². The molecular formula is C11H17NO. The Morgan fingerprint density at radius 3 is 1.85 bits per heavy atom. The average Bonchev–Trinajstić information content (AvgIpc) is 2.00. The monoisotopic (exact) mass is 179 g/mol. The third-order valence-electron chi connectivity index (χ3n) is 4.34. The van der Waals surface area contributed by atoms with Crippen molar-refractivity contribution in [3.05, 3.63) is 5.21 Å². The Hall–Kier alpha value is -0.530. The molecule has 0 aromatic carbocycles. The van der Waals surface area contributed by atoms with Gasteiger partial charge in [0.15, 0.2) is 5.71 Å². The van der Waals surface area contributed by atoms with Crippen LogP contribution in [0.15, 0.2) is 0 Å². The molecule has 0 unspecified atom stereocenters. The van der Waals surface area contributed by atoms with Gasteiger partial charge in [-0.1, -0.05) is 0 Å². The quantitative estimate of drug-likeness (QED) is 0.317. The first-order valence-electron chi connectivity index (χ1n) is 5.51. The molecule has 0 atom stereocenters. The van der Waals surface area contributed by atoms with Gasteiger partial charge in [0, 0.05) is 11.8 Å². The van der Waals surface area contributed by atoms with E-state index in [9.17, 15) is 5.21 Å². The average molecular weight is 179 g/mol. The fraction of sp³-hybridized carbons (Fsp3) is 0.909. The van der Waals surface area contributed by atoms with Crippen LogP contribution in [0.25, 0.3) is 0 Å². The standard InChI is InChI=1S/C11H17NO/c1-12(13)11-9-3-7-2-8(5-9)6-10(11)4-7/h7-10H,2-6H2,1H3. The van der Waals surface area contributed by atoms with Gasteiger partial charge in [0.05, 0.1) is 0 Å².